The SMILES string of the molecule is Cc1noc(-c2ccc(-c3ccccc3)cc2)c1NCC(C)Cc1ccc(C(C)C)cc1. The Morgan fingerprint density at radius 3 is 2.06 bits per heavy atom. The third-order valence-electron chi connectivity index (χ3n) is 5.97. The molecule has 4 rings (SSSR count). The predicted molar refractivity (Wildman–Crippen MR) is 134 cm³/mol. The molecule has 1 N–H and O–H groups in total. The van der Waals surface area contributed by atoms with Crippen molar-refractivity contribution in [2.24, 2.45) is 5.92 Å². The molecule has 0 bridgehead atoms. The van der Waals surface area contributed by atoms with Crippen LogP contribution in [0.4, 0.5) is 5.69 Å². The summed E-state index contributed by atoms with van der Waals surface area (Å²) in [5, 5.41) is 7.82. The molecule has 3 aromatic carbocycles. The number of aromatic nitrogens is 1. The topological polar surface area (TPSA) is 38.1 Å². The van der Waals surface area contributed by atoms with Crippen LogP contribution in [0.1, 0.15) is 43.5 Å². The number of benzene rings is 3. The summed E-state index contributed by atoms with van der Waals surface area (Å²) >= 11 is 0. The molecule has 1 unspecified atom stereocenters. The van der Waals surface area contributed by atoms with E-state index in [2.05, 4.69) is 104 Å². The standard InChI is InChI=1S/C29H32N2O/c1-20(2)24-12-10-23(11-13-24)18-21(3)19-30-28-22(4)31-32-29(28)27-16-14-26(15-17-27)25-8-6-5-7-9-25/h5-17,20-21,30H,18-19H2,1-4H3. The molecule has 0 aliphatic heterocycles. The van der Waals surface area contributed by atoms with Gasteiger partial charge in [-0.05, 0) is 47.4 Å². The third-order valence-corrected chi connectivity index (χ3v) is 5.97. The molecule has 164 valence electrons. The largest absolute Gasteiger partial charge is 0.380 e. The van der Waals surface area contributed by atoms with Crippen molar-refractivity contribution in [2.45, 2.75) is 40.0 Å². The highest BCUT2D eigenvalue weighted by Crippen LogP contribution is 2.32. The van der Waals surface area contributed by atoms with E-state index < -0.39 is 0 Å². The van der Waals surface area contributed by atoms with Gasteiger partial charge in [0.25, 0.3) is 0 Å². The van der Waals surface area contributed by atoms with E-state index in [1.807, 2.05) is 13.0 Å². The minimum Gasteiger partial charge on any atom is -0.380 e. The number of aryl methyl sites for hydroxylation is 1. The summed E-state index contributed by atoms with van der Waals surface area (Å²) in [6.07, 6.45) is 1.04. The fourth-order valence-electron chi connectivity index (χ4n) is 4.01. The lowest BCUT2D eigenvalue weighted by Gasteiger charge is -2.15. The number of nitrogens with zero attached hydrogens (tertiary/aromatic N) is 1. The first-order chi connectivity index (χ1) is 15.5. The first-order valence-corrected chi connectivity index (χ1v) is 11.5. The Hall–Kier alpha value is -3.33. The minimum atomic E-state index is 0.488. The van der Waals surface area contributed by atoms with E-state index in [1.165, 1.54) is 22.3 Å². The molecule has 0 saturated carbocycles. The Kier molecular flexibility index (Phi) is 6.75. The molecule has 4 aromatic rings. The monoisotopic (exact) mass is 424 g/mol. The van der Waals surface area contributed by atoms with Gasteiger partial charge in [-0.1, -0.05) is 105 Å². The van der Waals surface area contributed by atoms with Crippen molar-refractivity contribution in [1.82, 2.24) is 5.16 Å². The molecular weight excluding hydrogens is 392 g/mol. The highest BCUT2D eigenvalue weighted by atomic mass is 16.5. The number of nitrogens with one attached hydrogen (secondary N) is 1. The molecular formula is C29H32N2O. The van der Waals surface area contributed by atoms with Crippen molar-refractivity contribution >= 4 is 5.69 Å². The van der Waals surface area contributed by atoms with E-state index in [1.54, 1.807) is 0 Å². The van der Waals surface area contributed by atoms with Gasteiger partial charge in [-0.25, -0.2) is 0 Å². The molecule has 3 nitrogen and oxygen atoms in total. The van der Waals surface area contributed by atoms with Crippen LogP contribution in [0.5, 0.6) is 0 Å². The van der Waals surface area contributed by atoms with Crippen LogP contribution in [0.2, 0.25) is 0 Å². The van der Waals surface area contributed by atoms with Gasteiger partial charge in [0.05, 0.1) is 0 Å². The summed E-state index contributed by atoms with van der Waals surface area (Å²) in [6, 6.07) is 27.9. The molecule has 0 radical (unpaired) electrons. The zero-order chi connectivity index (χ0) is 22.5. The number of anilines is 1. The van der Waals surface area contributed by atoms with Crippen molar-refractivity contribution in [3.8, 4) is 22.5 Å². The summed E-state index contributed by atoms with van der Waals surface area (Å²) < 4.78 is 5.70. The quantitative estimate of drug-likeness (QED) is 0.314. The van der Waals surface area contributed by atoms with Crippen molar-refractivity contribution < 1.29 is 4.52 Å². The van der Waals surface area contributed by atoms with Gasteiger partial charge in [0.15, 0.2) is 5.76 Å². The minimum absolute atomic E-state index is 0.488. The fourth-order valence-corrected chi connectivity index (χ4v) is 4.01. The van der Waals surface area contributed by atoms with E-state index in [0.717, 1.165) is 35.7 Å². The number of hydrogen-bond acceptors (Lipinski definition) is 3. The van der Waals surface area contributed by atoms with Crippen LogP contribution in [0.25, 0.3) is 22.5 Å². The summed E-state index contributed by atoms with van der Waals surface area (Å²) in [6.45, 7) is 9.60. The average molecular weight is 425 g/mol. The molecule has 0 aliphatic rings. The van der Waals surface area contributed by atoms with Crippen LogP contribution < -0.4 is 5.32 Å². The fraction of sp³-hybridized carbons (Fsp3) is 0.276. The van der Waals surface area contributed by atoms with E-state index >= 15 is 0 Å². The predicted octanol–water partition coefficient (Wildman–Crippen LogP) is 7.73. The molecule has 3 heteroatoms. The smallest absolute Gasteiger partial charge is 0.190 e. The molecule has 1 heterocycles. The molecule has 32 heavy (non-hydrogen) atoms. The van der Waals surface area contributed by atoms with Gasteiger partial charge in [-0.15, -0.1) is 0 Å². The summed E-state index contributed by atoms with van der Waals surface area (Å²) in [4.78, 5) is 0. The van der Waals surface area contributed by atoms with Gasteiger partial charge < -0.3 is 9.84 Å². The van der Waals surface area contributed by atoms with E-state index in [4.69, 9.17) is 4.52 Å². The zero-order valence-electron chi connectivity index (χ0n) is 19.4. The lowest BCUT2D eigenvalue weighted by Crippen LogP contribution is -2.14. The Balaban J connectivity index is 1.42. The van der Waals surface area contributed by atoms with Crippen molar-refractivity contribution in [1.29, 1.82) is 0 Å². The summed E-state index contributed by atoms with van der Waals surface area (Å²) in [7, 11) is 0. The van der Waals surface area contributed by atoms with Crippen LogP contribution in [-0.2, 0) is 6.42 Å². The van der Waals surface area contributed by atoms with E-state index in [0.29, 0.717) is 11.8 Å². The highest BCUT2D eigenvalue weighted by Gasteiger charge is 2.16. The molecule has 1 atom stereocenters. The lowest BCUT2D eigenvalue weighted by molar-refractivity contribution is 0.427. The third kappa shape index (κ3) is 5.11. The molecule has 0 amide bonds. The maximum absolute atomic E-state index is 5.70. The Bertz CT molecular complexity index is 1130. The first kappa shape index (κ1) is 21.9. The second-order valence-corrected chi connectivity index (χ2v) is 9.00. The van der Waals surface area contributed by atoms with Crippen LogP contribution in [0, 0.1) is 12.8 Å². The molecule has 0 fully saturated rings. The Labute approximate surface area is 191 Å². The van der Waals surface area contributed by atoms with Crippen LogP contribution in [0.3, 0.4) is 0 Å². The van der Waals surface area contributed by atoms with Gasteiger partial charge in [-0.2, -0.15) is 0 Å². The second kappa shape index (κ2) is 9.86. The van der Waals surface area contributed by atoms with Gasteiger partial charge in [0.2, 0.25) is 0 Å². The maximum atomic E-state index is 5.70. The van der Waals surface area contributed by atoms with E-state index in [-0.39, 0.29) is 0 Å². The van der Waals surface area contributed by atoms with Crippen molar-refractivity contribution in [3.63, 3.8) is 0 Å². The Morgan fingerprint density at radius 2 is 1.41 bits per heavy atom. The van der Waals surface area contributed by atoms with Crippen LogP contribution >= 0.6 is 0 Å². The molecule has 0 aliphatic carbocycles. The van der Waals surface area contributed by atoms with Gasteiger partial charge in [-0.3, -0.25) is 0 Å². The molecule has 0 spiro atoms. The number of rotatable bonds is 8. The maximum Gasteiger partial charge on any atom is 0.190 e. The summed E-state index contributed by atoms with van der Waals surface area (Å²) in [5.41, 5.74) is 8.08. The number of hydrogen-bond donors (Lipinski definition) is 1. The van der Waals surface area contributed by atoms with Crippen molar-refractivity contribution in [3.05, 3.63) is 95.7 Å². The van der Waals surface area contributed by atoms with Crippen molar-refractivity contribution in [2.75, 3.05) is 11.9 Å². The van der Waals surface area contributed by atoms with Crippen LogP contribution in [0.15, 0.2) is 83.4 Å². The average Bonchev–Trinajstić information content (AvgIpc) is 3.19. The highest BCUT2D eigenvalue weighted by molar-refractivity contribution is 5.76. The zero-order valence-corrected chi connectivity index (χ0v) is 19.4. The first-order valence-electron chi connectivity index (χ1n) is 11.5. The van der Waals surface area contributed by atoms with Crippen LogP contribution in [-0.4, -0.2) is 11.7 Å². The van der Waals surface area contributed by atoms with Gasteiger partial charge in [0.1, 0.15) is 11.4 Å². The second-order valence-electron chi connectivity index (χ2n) is 9.00. The summed E-state index contributed by atoms with van der Waals surface area (Å²) in [5.74, 6) is 1.86. The molecule has 1 aromatic heterocycles. The normalized spacial score (nSPS) is 12.2. The van der Waals surface area contributed by atoms with Gasteiger partial charge >= 0.3 is 0 Å². The Morgan fingerprint density at radius 1 is 0.781 bits per heavy atom. The molecule has 0 saturated heterocycles. The van der Waals surface area contributed by atoms with Gasteiger partial charge in [0, 0.05) is 12.1 Å². The van der Waals surface area contributed by atoms with E-state index in [9.17, 15) is 0 Å². The lowest BCUT2D eigenvalue weighted by atomic mass is 9.97.